The number of amides is 2. The Labute approximate surface area is 126 Å². The molecule has 2 amide bonds. The van der Waals surface area contributed by atoms with Gasteiger partial charge in [-0.25, -0.2) is 0 Å². The summed E-state index contributed by atoms with van der Waals surface area (Å²) >= 11 is 1.46. The molecule has 0 spiro atoms. The lowest BCUT2D eigenvalue weighted by molar-refractivity contribution is -0.114. The van der Waals surface area contributed by atoms with E-state index in [0.29, 0.717) is 12.4 Å². The summed E-state index contributed by atoms with van der Waals surface area (Å²) in [5, 5.41) is 8.90. The number of nitrogens with zero attached hydrogens (tertiary/aromatic N) is 3. The minimum atomic E-state index is -0.138. The van der Waals surface area contributed by atoms with Crippen LogP contribution in [0.15, 0.2) is 29.8 Å². The van der Waals surface area contributed by atoms with Gasteiger partial charge in [0.25, 0.3) is 5.91 Å². The summed E-state index contributed by atoms with van der Waals surface area (Å²) in [6.45, 7) is 2.84. The Balaban J connectivity index is 1.65. The lowest BCUT2D eigenvalue weighted by Gasteiger charge is -2.15. The molecule has 110 valence electrons. The average molecular weight is 304 g/mol. The summed E-state index contributed by atoms with van der Waals surface area (Å²) < 4.78 is 1.83. The summed E-state index contributed by atoms with van der Waals surface area (Å²) in [7, 11) is 0. The Bertz CT molecular complexity index is 650. The minimum absolute atomic E-state index is 0.0849. The molecule has 6 nitrogen and oxygen atoms in total. The second-order valence-electron chi connectivity index (χ2n) is 5.03. The first-order valence-corrected chi connectivity index (χ1v) is 7.67. The van der Waals surface area contributed by atoms with Crippen LogP contribution in [0, 0.1) is 0 Å². The van der Waals surface area contributed by atoms with Crippen LogP contribution in [-0.2, 0) is 4.79 Å². The summed E-state index contributed by atoms with van der Waals surface area (Å²) in [5.74, 6) is 0.494. The van der Waals surface area contributed by atoms with Gasteiger partial charge in [0.05, 0.1) is 10.9 Å². The van der Waals surface area contributed by atoms with Crippen molar-refractivity contribution in [3.05, 3.63) is 34.7 Å². The quantitative estimate of drug-likeness (QED) is 0.943. The molecule has 0 radical (unpaired) electrons. The number of hydrogen-bond donors (Lipinski definition) is 1. The Morgan fingerprint density at radius 3 is 3.00 bits per heavy atom. The molecule has 0 saturated carbocycles. The van der Waals surface area contributed by atoms with Crippen molar-refractivity contribution in [1.82, 2.24) is 14.7 Å². The van der Waals surface area contributed by atoms with Crippen molar-refractivity contribution in [1.29, 1.82) is 0 Å². The monoisotopic (exact) mass is 304 g/mol. The summed E-state index contributed by atoms with van der Waals surface area (Å²) in [6, 6.07) is 5.67. The lowest BCUT2D eigenvalue weighted by atomic mass is 10.3. The molecule has 2 aromatic heterocycles. The highest BCUT2D eigenvalue weighted by molar-refractivity contribution is 7.12. The Morgan fingerprint density at radius 1 is 1.43 bits per heavy atom. The number of carbonyl (C=O) groups excluding carboxylic acids is 2. The number of thiophene rings is 1. The zero-order valence-corrected chi connectivity index (χ0v) is 12.5. The van der Waals surface area contributed by atoms with E-state index in [1.165, 1.54) is 18.3 Å². The summed E-state index contributed by atoms with van der Waals surface area (Å²) in [5.41, 5.74) is 0. The SMILES string of the molecule is CC(=O)Nc1ccn(C2CCN(C(=O)c3cccs3)C2)n1. The van der Waals surface area contributed by atoms with Crippen LogP contribution < -0.4 is 5.32 Å². The predicted octanol–water partition coefficient (Wildman–Crippen LogP) is 1.99. The number of rotatable bonds is 3. The largest absolute Gasteiger partial charge is 0.336 e. The Hall–Kier alpha value is -2.15. The van der Waals surface area contributed by atoms with E-state index in [1.807, 2.05) is 33.3 Å². The maximum absolute atomic E-state index is 12.3. The second kappa shape index (κ2) is 5.69. The fourth-order valence-electron chi connectivity index (χ4n) is 2.49. The average Bonchev–Trinajstić information content (AvgIpc) is 3.18. The van der Waals surface area contributed by atoms with Crippen molar-refractivity contribution in [2.75, 3.05) is 18.4 Å². The number of hydrogen-bond acceptors (Lipinski definition) is 4. The molecule has 2 aromatic rings. The molecule has 0 bridgehead atoms. The number of carbonyl (C=O) groups is 2. The molecule has 1 fully saturated rings. The first-order chi connectivity index (χ1) is 10.1. The van der Waals surface area contributed by atoms with E-state index in [2.05, 4.69) is 10.4 Å². The van der Waals surface area contributed by atoms with Crippen molar-refractivity contribution in [2.45, 2.75) is 19.4 Å². The molecule has 3 rings (SSSR count). The third kappa shape index (κ3) is 2.97. The summed E-state index contributed by atoms with van der Waals surface area (Å²) in [6.07, 6.45) is 2.72. The zero-order valence-electron chi connectivity index (χ0n) is 11.7. The van der Waals surface area contributed by atoms with Crippen molar-refractivity contribution in [3.8, 4) is 0 Å². The molecule has 1 aliphatic heterocycles. The van der Waals surface area contributed by atoms with Crippen LogP contribution in [0.2, 0.25) is 0 Å². The van der Waals surface area contributed by atoms with Crippen LogP contribution in [0.5, 0.6) is 0 Å². The van der Waals surface area contributed by atoms with Crippen molar-refractivity contribution in [2.24, 2.45) is 0 Å². The predicted molar refractivity (Wildman–Crippen MR) is 80.4 cm³/mol. The van der Waals surface area contributed by atoms with Crippen LogP contribution in [-0.4, -0.2) is 39.6 Å². The van der Waals surface area contributed by atoms with Crippen molar-refractivity contribution in [3.63, 3.8) is 0 Å². The van der Waals surface area contributed by atoms with Gasteiger partial charge in [-0.05, 0) is 17.9 Å². The molecular formula is C14H16N4O2S. The van der Waals surface area contributed by atoms with Crippen LogP contribution in [0.4, 0.5) is 5.82 Å². The van der Waals surface area contributed by atoms with E-state index >= 15 is 0 Å². The first kappa shape index (κ1) is 13.8. The van der Waals surface area contributed by atoms with E-state index in [0.717, 1.165) is 17.8 Å². The number of aromatic nitrogens is 2. The van der Waals surface area contributed by atoms with Gasteiger partial charge in [-0.3, -0.25) is 14.3 Å². The van der Waals surface area contributed by atoms with Gasteiger partial charge in [0.15, 0.2) is 5.82 Å². The Kier molecular flexibility index (Phi) is 3.74. The van der Waals surface area contributed by atoms with Gasteiger partial charge in [0.1, 0.15) is 0 Å². The molecular weight excluding hydrogens is 288 g/mol. The zero-order chi connectivity index (χ0) is 14.8. The van der Waals surface area contributed by atoms with E-state index in [-0.39, 0.29) is 17.9 Å². The second-order valence-corrected chi connectivity index (χ2v) is 5.98. The molecule has 1 atom stereocenters. The molecule has 0 aromatic carbocycles. The van der Waals surface area contributed by atoms with Crippen molar-refractivity contribution >= 4 is 29.0 Å². The normalized spacial score (nSPS) is 18.0. The smallest absolute Gasteiger partial charge is 0.263 e. The standard InChI is InChI=1S/C14H16N4O2S/c1-10(19)15-13-5-7-18(16-13)11-4-6-17(9-11)14(20)12-3-2-8-21-12/h2-3,5,7-8,11H,4,6,9H2,1H3,(H,15,16,19). The maximum atomic E-state index is 12.3. The number of likely N-dealkylation sites (tertiary alicyclic amines) is 1. The van der Waals surface area contributed by atoms with Gasteiger partial charge in [-0.15, -0.1) is 11.3 Å². The Morgan fingerprint density at radius 2 is 2.29 bits per heavy atom. The van der Waals surface area contributed by atoms with E-state index < -0.39 is 0 Å². The third-order valence-electron chi connectivity index (χ3n) is 3.47. The van der Waals surface area contributed by atoms with Crippen LogP contribution in [0.1, 0.15) is 29.1 Å². The van der Waals surface area contributed by atoms with Gasteiger partial charge in [0.2, 0.25) is 5.91 Å². The molecule has 1 unspecified atom stereocenters. The van der Waals surface area contributed by atoms with Gasteiger partial charge in [-0.1, -0.05) is 6.07 Å². The number of anilines is 1. The molecule has 3 heterocycles. The lowest BCUT2D eigenvalue weighted by Crippen LogP contribution is -2.28. The molecule has 1 saturated heterocycles. The maximum Gasteiger partial charge on any atom is 0.263 e. The molecule has 1 N–H and O–H groups in total. The molecule has 1 aliphatic rings. The van der Waals surface area contributed by atoms with Gasteiger partial charge < -0.3 is 10.2 Å². The fraction of sp³-hybridized carbons (Fsp3) is 0.357. The minimum Gasteiger partial charge on any atom is -0.336 e. The van der Waals surface area contributed by atoms with Gasteiger partial charge >= 0.3 is 0 Å². The topological polar surface area (TPSA) is 67.2 Å². The molecule has 0 aliphatic carbocycles. The van der Waals surface area contributed by atoms with Crippen LogP contribution in [0.3, 0.4) is 0 Å². The van der Waals surface area contributed by atoms with E-state index in [1.54, 1.807) is 6.07 Å². The third-order valence-corrected chi connectivity index (χ3v) is 4.33. The molecule has 21 heavy (non-hydrogen) atoms. The van der Waals surface area contributed by atoms with Gasteiger partial charge in [-0.2, -0.15) is 5.10 Å². The van der Waals surface area contributed by atoms with E-state index in [9.17, 15) is 9.59 Å². The van der Waals surface area contributed by atoms with Gasteiger partial charge in [0, 0.05) is 32.3 Å². The van der Waals surface area contributed by atoms with E-state index in [4.69, 9.17) is 0 Å². The fourth-order valence-corrected chi connectivity index (χ4v) is 3.18. The number of nitrogens with one attached hydrogen (secondary N) is 1. The first-order valence-electron chi connectivity index (χ1n) is 6.79. The van der Waals surface area contributed by atoms with Crippen LogP contribution >= 0.6 is 11.3 Å². The van der Waals surface area contributed by atoms with Crippen LogP contribution in [0.25, 0.3) is 0 Å². The molecule has 7 heteroatoms. The van der Waals surface area contributed by atoms with Crippen molar-refractivity contribution < 1.29 is 9.59 Å². The highest BCUT2D eigenvalue weighted by Crippen LogP contribution is 2.24. The summed E-state index contributed by atoms with van der Waals surface area (Å²) in [4.78, 5) is 25.9. The highest BCUT2D eigenvalue weighted by Gasteiger charge is 2.28. The highest BCUT2D eigenvalue weighted by atomic mass is 32.1.